The SMILES string of the molecule is CC(NC(=O)c1ccc(Br)s1)C(=O)N1CCC(C(C)N)CC1.Cl. The summed E-state index contributed by atoms with van der Waals surface area (Å²) in [7, 11) is 0. The quantitative estimate of drug-likeness (QED) is 0.780. The lowest BCUT2D eigenvalue weighted by molar-refractivity contribution is -0.134. The molecule has 1 fully saturated rings. The van der Waals surface area contributed by atoms with Crippen LogP contribution in [-0.4, -0.2) is 41.9 Å². The maximum atomic E-state index is 12.4. The van der Waals surface area contributed by atoms with E-state index in [1.54, 1.807) is 13.0 Å². The topological polar surface area (TPSA) is 75.4 Å². The second-order valence-corrected chi connectivity index (χ2v) is 8.28. The Balaban J connectivity index is 0.00000264. The van der Waals surface area contributed by atoms with Gasteiger partial charge in [-0.1, -0.05) is 0 Å². The van der Waals surface area contributed by atoms with Crippen LogP contribution in [0.25, 0.3) is 0 Å². The monoisotopic (exact) mass is 423 g/mol. The molecule has 0 bridgehead atoms. The molecule has 1 aliphatic heterocycles. The first kappa shape index (κ1) is 20.4. The number of carbonyl (C=O) groups excluding carboxylic acids is 2. The Kier molecular flexibility index (Phi) is 8.00. The molecule has 2 unspecified atom stereocenters. The Bertz CT molecular complexity index is 545. The molecule has 130 valence electrons. The molecule has 3 N–H and O–H groups in total. The zero-order chi connectivity index (χ0) is 16.3. The Hall–Kier alpha value is -0.630. The van der Waals surface area contributed by atoms with Crippen molar-refractivity contribution in [2.45, 2.75) is 38.8 Å². The lowest BCUT2D eigenvalue weighted by atomic mass is 9.91. The Morgan fingerprint density at radius 3 is 2.43 bits per heavy atom. The van der Waals surface area contributed by atoms with E-state index in [0.29, 0.717) is 10.8 Å². The van der Waals surface area contributed by atoms with Crippen LogP contribution in [0.5, 0.6) is 0 Å². The van der Waals surface area contributed by atoms with Gasteiger partial charge in [-0.25, -0.2) is 0 Å². The molecule has 0 aliphatic carbocycles. The first-order valence-corrected chi connectivity index (χ1v) is 9.10. The number of halogens is 2. The van der Waals surface area contributed by atoms with Gasteiger partial charge in [-0.2, -0.15) is 0 Å². The lowest BCUT2D eigenvalue weighted by Crippen LogP contribution is -2.50. The molecular weight excluding hydrogens is 402 g/mol. The molecule has 0 saturated carbocycles. The van der Waals surface area contributed by atoms with Gasteiger partial charge in [0.2, 0.25) is 5.91 Å². The third kappa shape index (κ3) is 5.45. The molecule has 2 atom stereocenters. The summed E-state index contributed by atoms with van der Waals surface area (Å²) in [5, 5.41) is 2.78. The van der Waals surface area contributed by atoms with E-state index < -0.39 is 6.04 Å². The van der Waals surface area contributed by atoms with Crippen molar-refractivity contribution in [3.05, 3.63) is 20.8 Å². The number of nitrogens with two attached hydrogens (primary N) is 1. The van der Waals surface area contributed by atoms with Gasteiger partial charge in [0.25, 0.3) is 5.91 Å². The van der Waals surface area contributed by atoms with Crippen LogP contribution < -0.4 is 11.1 Å². The Morgan fingerprint density at radius 2 is 1.96 bits per heavy atom. The minimum Gasteiger partial charge on any atom is -0.341 e. The largest absolute Gasteiger partial charge is 0.341 e. The molecule has 0 spiro atoms. The van der Waals surface area contributed by atoms with Crippen LogP contribution in [0.3, 0.4) is 0 Å². The number of carbonyl (C=O) groups is 2. The standard InChI is InChI=1S/C15H22BrN3O2S.ClH/c1-9(17)11-5-7-19(8-6-11)15(21)10(2)18-14(20)12-3-4-13(16)22-12;/h3-4,9-11H,5-8,17H2,1-2H3,(H,18,20);1H. The highest BCUT2D eigenvalue weighted by Gasteiger charge is 2.28. The zero-order valence-corrected chi connectivity index (χ0v) is 16.5. The van der Waals surface area contributed by atoms with Crippen LogP contribution in [0.1, 0.15) is 36.4 Å². The summed E-state index contributed by atoms with van der Waals surface area (Å²) in [6.07, 6.45) is 1.86. The summed E-state index contributed by atoms with van der Waals surface area (Å²) in [5.74, 6) is 0.256. The van der Waals surface area contributed by atoms with Crippen molar-refractivity contribution in [1.82, 2.24) is 10.2 Å². The number of amides is 2. The molecule has 1 aliphatic rings. The predicted molar refractivity (Wildman–Crippen MR) is 99.1 cm³/mol. The van der Waals surface area contributed by atoms with E-state index >= 15 is 0 Å². The highest BCUT2D eigenvalue weighted by Crippen LogP contribution is 2.22. The third-order valence-corrected chi connectivity index (χ3v) is 5.73. The first-order chi connectivity index (χ1) is 10.4. The highest BCUT2D eigenvalue weighted by atomic mass is 79.9. The number of hydrogen-bond donors (Lipinski definition) is 2. The van der Waals surface area contributed by atoms with Crippen LogP contribution in [-0.2, 0) is 4.79 Å². The molecule has 1 aromatic rings. The summed E-state index contributed by atoms with van der Waals surface area (Å²) in [6.45, 7) is 5.19. The van der Waals surface area contributed by atoms with Crippen LogP contribution >= 0.6 is 39.7 Å². The van der Waals surface area contributed by atoms with Gasteiger partial charge in [0, 0.05) is 19.1 Å². The molecular formula is C15H23BrClN3O2S. The molecule has 2 heterocycles. The molecule has 0 aromatic carbocycles. The zero-order valence-electron chi connectivity index (χ0n) is 13.3. The normalized spacial score (nSPS) is 18.0. The average molecular weight is 425 g/mol. The van der Waals surface area contributed by atoms with Crippen molar-refractivity contribution >= 4 is 51.5 Å². The van der Waals surface area contributed by atoms with Gasteiger partial charge in [-0.15, -0.1) is 23.7 Å². The molecule has 1 aromatic heterocycles. The van der Waals surface area contributed by atoms with E-state index in [1.807, 2.05) is 17.9 Å². The van der Waals surface area contributed by atoms with E-state index in [1.165, 1.54) is 11.3 Å². The van der Waals surface area contributed by atoms with Crippen molar-refractivity contribution in [2.24, 2.45) is 11.7 Å². The van der Waals surface area contributed by atoms with E-state index in [9.17, 15) is 9.59 Å². The van der Waals surface area contributed by atoms with Gasteiger partial charge in [-0.3, -0.25) is 9.59 Å². The maximum absolute atomic E-state index is 12.4. The molecule has 0 radical (unpaired) electrons. The Labute approximate surface area is 155 Å². The first-order valence-electron chi connectivity index (χ1n) is 7.49. The van der Waals surface area contributed by atoms with E-state index in [2.05, 4.69) is 21.2 Å². The Morgan fingerprint density at radius 1 is 1.35 bits per heavy atom. The maximum Gasteiger partial charge on any atom is 0.262 e. The van der Waals surface area contributed by atoms with Crippen LogP contribution in [0.15, 0.2) is 15.9 Å². The molecule has 2 amide bonds. The van der Waals surface area contributed by atoms with Gasteiger partial charge in [0.05, 0.1) is 8.66 Å². The third-order valence-electron chi connectivity index (χ3n) is 4.11. The molecule has 2 rings (SSSR count). The summed E-state index contributed by atoms with van der Waals surface area (Å²) < 4.78 is 0.898. The van der Waals surface area contributed by atoms with E-state index in [-0.39, 0.29) is 30.3 Å². The number of nitrogens with one attached hydrogen (secondary N) is 1. The number of nitrogens with zero attached hydrogens (tertiary/aromatic N) is 1. The number of likely N-dealkylation sites (tertiary alicyclic amines) is 1. The number of thiophene rings is 1. The molecule has 8 heteroatoms. The average Bonchev–Trinajstić information content (AvgIpc) is 2.93. The van der Waals surface area contributed by atoms with Crippen molar-refractivity contribution in [1.29, 1.82) is 0 Å². The van der Waals surface area contributed by atoms with Crippen LogP contribution in [0, 0.1) is 5.92 Å². The number of piperidine rings is 1. The second-order valence-electron chi connectivity index (χ2n) is 5.82. The van der Waals surface area contributed by atoms with Crippen molar-refractivity contribution < 1.29 is 9.59 Å². The van der Waals surface area contributed by atoms with Crippen LogP contribution in [0.2, 0.25) is 0 Å². The molecule has 1 saturated heterocycles. The molecule has 23 heavy (non-hydrogen) atoms. The fourth-order valence-corrected chi connectivity index (χ4v) is 3.97. The van der Waals surface area contributed by atoms with E-state index in [0.717, 1.165) is 29.7 Å². The van der Waals surface area contributed by atoms with Crippen molar-refractivity contribution in [3.8, 4) is 0 Å². The summed E-state index contributed by atoms with van der Waals surface area (Å²) in [4.78, 5) is 26.9. The fraction of sp³-hybridized carbons (Fsp3) is 0.600. The van der Waals surface area contributed by atoms with Gasteiger partial charge in [0.15, 0.2) is 0 Å². The fourth-order valence-electron chi connectivity index (χ4n) is 2.69. The highest BCUT2D eigenvalue weighted by molar-refractivity contribution is 9.11. The summed E-state index contributed by atoms with van der Waals surface area (Å²) in [5.41, 5.74) is 5.92. The predicted octanol–water partition coefficient (Wildman–Crippen LogP) is 2.64. The van der Waals surface area contributed by atoms with Crippen LogP contribution in [0.4, 0.5) is 0 Å². The minimum atomic E-state index is -0.514. The second kappa shape index (κ2) is 9.01. The van der Waals surface area contributed by atoms with Gasteiger partial charge in [-0.05, 0) is 60.7 Å². The number of hydrogen-bond acceptors (Lipinski definition) is 4. The summed E-state index contributed by atoms with van der Waals surface area (Å²) >= 11 is 4.68. The van der Waals surface area contributed by atoms with Crippen molar-refractivity contribution in [3.63, 3.8) is 0 Å². The van der Waals surface area contributed by atoms with Crippen molar-refractivity contribution in [2.75, 3.05) is 13.1 Å². The summed E-state index contributed by atoms with van der Waals surface area (Å²) in [6, 6.07) is 3.23. The smallest absolute Gasteiger partial charge is 0.262 e. The number of rotatable bonds is 4. The minimum absolute atomic E-state index is 0. The van der Waals surface area contributed by atoms with Gasteiger partial charge < -0.3 is 16.0 Å². The lowest BCUT2D eigenvalue weighted by Gasteiger charge is -2.35. The van der Waals surface area contributed by atoms with Gasteiger partial charge in [0.1, 0.15) is 6.04 Å². The molecule has 5 nitrogen and oxygen atoms in total. The van der Waals surface area contributed by atoms with Gasteiger partial charge >= 0.3 is 0 Å². The van der Waals surface area contributed by atoms with E-state index in [4.69, 9.17) is 5.73 Å².